The zero-order valence-electron chi connectivity index (χ0n) is 13.4. The first-order valence-corrected chi connectivity index (χ1v) is 7.94. The first-order chi connectivity index (χ1) is 11.2. The van der Waals surface area contributed by atoms with E-state index in [9.17, 15) is 5.11 Å². The molecule has 116 valence electrons. The molecule has 3 nitrogen and oxygen atoms in total. The summed E-state index contributed by atoms with van der Waals surface area (Å²) in [6.45, 7) is 4.26. The van der Waals surface area contributed by atoms with Crippen LogP contribution in [-0.2, 0) is 13.0 Å². The number of aromatic nitrogens is 2. The molecule has 0 unspecified atom stereocenters. The standard InChI is InChI=1S/C20H20N2O/c1-12-9-17-14(5-3-7-18(17)21-12)10-16-13(2)22-19-8-4-6-15(11-23)20(16)19/h3-9,21-23H,10-11H2,1-2H3. The molecular weight excluding hydrogens is 284 g/mol. The summed E-state index contributed by atoms with van der Waals surface area (Å²) >= 11 is 0. The van der Waals surface area contributed by atoms with Crippen LogP contribution in [0.5, 0.6) is 0 Å². The summed E-state index contributed by atoms with van der Waals surface area (Å²) in [5.41, 5.74) is 8.20. The molecule has 0 saturated carbocycles. The Morgan fingerprint density at radius 1 is 0.913 bits per heavy atom. The average Bonchev–Trinajstić information content (AvgIpc) is 3.07. The number of aliphatic hydroxyl groups excluding tert-OH is 1. The van der Waals surface area contributed by atoms with Crippen molar-refractivity contribution in [1.29, 1.82) is 0 Å². The third-order valence-corrected chi connectivity index (χ3v) is 4.65. The number of aromatic amines is 2. The lowest BCUT2D eigenvalue weighted by molar-refractivity contribution is 0.283. The molecule has 0 aliphatic rings. The number of aryl methyl sites for hydroxylation is 2. The van der Waals surface area contributed by atoms with Crippen LogP contribution in [0, 0.1) is 13.8 Å². The SMILES string of the molecule is Cc1cc2c(Cc3c(C)[nH]c4cccc(CO)c34)cccc2[nH]1. The van der Waals surface area contributed by atoms with Crippen molar-refractivity contribution in [2.45, 2.75) is 26.9 Å². The minimum Gasteiger partial charge on any atom is -0.392 e. The Labute approximate surface area is 135 Å². The minimum atomic E-state index is 0.0646. The van der Waals surface area contributed by atoms with Crippen LogP contribution in [0.2, 0.25) is 0 Å². The molecule has 0 radical (unpaired) electrons. The van der Waals surface area contributed by atoms with Gasteiger partial charge >= 0.3 is 0 Å². The van der Waals surface area contributed by atoms with E-state index in [0.717, 1.165) is 22.9 Å². The molecule has 0 spiro atoms. The van der Waals surface area contributed by atoms with E-state index in [2.05, 4.69) is 54.1 Å². The molecular formula is C20H20N2O. The Hall–Kier alpha value is -2.52. The molecule has 0 fully saturated rings. The second-order valence-corrected chi connectivity index (χ2v) is 6.23. The van der Waals surface area contributed by atoms with Crippen molar-refractivity contribution in [1.82, 2.24) is 9.97 Å². The summed E-state index contributed by atoms with van der Waals surface area (Å²) in [5.74, 6) is 0. The van der Waals surface area contributed by atoms with E-state index in [1.807, 2.05) is 12.1 Å². The maximum absolute atomic E-state index is 9.69. The van der Waals surface area contributed by atoms with E-state index in [-0.39, 0.29) is 6.61 Å². The van der Waals surface area contributed by atoms with Crippen LogP contribution >= 0.6 is 0 Å². The molecule has 2 heterocycles. The molecule has 0 aliphatic heterocycles. The van der Waals surface area contributed by atoms with Gasteiger partial charge in [0.25, 0.3) is 0 Å². The minimum absolute atomic E-state index is 0.0646. The number of hydrogen-bond donors (Lipinski definition) is 3. The monoisotopic (exact) mass is 304 g/mol. The normalized spacial score (nSPS) is 11.6. The molecule has 23 heavy (non-hydrogen) atoms. The van der Waals surface area contributed by atoms with Gasteiger partial charge in [-0.2, -0.15) is 0 Å². The summed E-state index contributed by atoms with van der Waals surface area (Å²) in [6.07, 6.45) is 0.859. The third kappa shape index (κ3) is 2.25. The summed E-state index contributed by atoms with van der Waals surface area (Å²) in [4.78, 5) is 6.86. The van der Waals surface area contributed by atoms with Gasteiger partial charge in [-0.05, 0) is 48.7 Å². The third-order valence-electron chi connectivity index (χ3n) is 4.65. The molecule has 2 aromatic heterocycles. The number of fused-ring (bicyclic) bond motifs is 2. The molecule has 4 rings (SSSR count). The van der Waals surface area contributed by atoms with Crippen LogP contribution in [0.15, 0.2) is 42.5 Å². The van der Waals surface area contributed by atoms with Crippen molar-refractivity contribution >= 4 is 21.8 Å². The van der Waals surface area contributed by atoms with Crippen molar-refractivity contribution in [3.05, 3.63) is 70.5 Å². The number of H-pyrrole nitrogens is 2. The first-order valence-electron chi connectivity index (χ1n) is 7.94. The topological polar surface area (TPSA) is 51.8 Å². The summed E-state index contributed by atoms with van der Waals surface area (Å²) in [6, 6.07) is 14.7. The van der Waals surface area contributed by atoms with E-state index in [0.29, 0.717) is 0 Å². The van der Waals surface area contributed by atoms with Gasteiger partial charge in [0, 0.05) is 39.6 Å². The second kappa shape index (κ2) is 5.28. The highest BCUT2D eigenvalue weighted by atomic mass is 16.3. The highest BCUT2D eigenvalue weighted by Crippen LogP contribution is 2.30. The van der Waals surface area contributed by atoms with Crippen LogP contribution in [-0.4, -0.2) is 15.1 Å². The predicted molar refractivity (Wildman–Crippen MR) is 94.8 cm³/mol. The fraction of sp³-hybridized carbons (Fsp3) is 0.200. The molecule has 0 saturated heterocycles. The van der Waals surface area contributed by atoms with Crippen LogP contribution in [0.3, 0.4) is 0 Å². The highest BCUT2D eigenvalue weighted by Gasteiger charge is 2.14. The van der Waals surface area contributed by atoms with Crippen molar-refractivity contribution in [3.8, 4) is 0 Å². The molecule has 3 heteroatoms. The zero-order chi connectivity index (χ0) is 16.0. The van der Waals surface area contributed by atoms with E-state index < -0.39 is 0 Å². The van der Waals surface area contributed by atoms with Gasteiger partial charge in [0.05, 0.1) is 6.61 Å². The Balaban J connectivity index is 1.91. The number of benzene rings is 2. The van der Waals surface area contributed by atoms with Gasteiger partial charge in [0.2, 0.25) is 0 Å². The van der Waals surface area contributed by atoms with Crippen molar-refractivity contribution < 1.29 is 5.11 Å². The molecule has 0 amide bonds. The zero-order valence-corrected chi connectivity index (χ0v) is 13.4. The van der Waals surface area contributed by atoms with Crippen molar-refractivity contribution in [2.75, 3.05) is 0 Å². The lowest BCUT2D eigenvalue weighted by atomic mass is 9.97. The summed E-state index contributed by atoms with van der Waals surface area (Å²) < 4.78 is 0. The molecule has 0 atom stereocenters. The predicted octanol–water partition coefficient (Wildman–Crippen LogP) is 4.35. The second-order valence-electron chi connectivity index (χ2n) is 6.23. The Kier molecular flexibility index (Phi) is 3.24. The summed E-state index contributed by atoms with van der Waals surface area (Å²) in [5, 5.41) is 12.1. The summed E-state index contributed by atoms with van der Waals surface area (Å²) in [7, 11) is 0. The van der Waals surface area contributed by atoms with Gasteiger partial charge in [0.1, 0.15) is 0 Å². The number of rotatable bonds is 3. The van der Waals surface area contributed by atoms with Gasteiger partial charge in [-0.25, -0.2) is 0 Å². The van der Waals surface area contributed by atoms with Crippen LogP contribution in [0.1, 0.15) is 28.1 Å². The number of nitrogens with one attached hydrogen (secondary N) is 2. The Morgan fingerprint density at radius 2 is 1.65 bits per heavy atom. The van der Waals surface area contributed by atoms with Crippen molar-refractivity contribution in [2.24, 2.45) is 0 Å². The first kappa shape index (κ1) is 14.1. The largest absolute Gasteiger partial charge is 0.392 e. The lowest BCUT2D eigenvalue weighted by Crippen LogP contribution is -1.93. The number of aliphatic hydroxyl groups is 1. The molecule has 0 bridgehead atoms. The van der Waals surface area contributed by atoms with E-state index in [1.165, 1.54) is 33.4 Å². The quantitative estimate of drug-likeness (QED) is 0.518. The van der Waals surface area contributed by atoms with Gasteiger partial charge in [-0.3, -0.25) is 0 Å². The average molecular weight is 304 g/mol. The maximum atomic E-state index is 9.69. The Morgan fingerprint density at radius 3 is 2.43 bits per heavy atom. The van der Waals surface area contributed by atoms with Crippen LogP contribution < -0.4 is 0 Å². The van der Waals surface area contributed by atoms with Crippen molar-refractivity contribution in [3.63, 3.8) is 0 Å². The fourth-order valence-electron chi connectivity index (χ4n) is 3.58. The Bertz CT molecular complexity index is 1010. The van der Waals surface area contributed by atoms with Crippen LogP contribution in [0.4, 0.5) is 0 Å². The highest BCUT2D eigenvalue weighted by molar-refractivity contribution is 5.90. The lowest BCUT2D eigenvalue weighted by Gasteiger charge is -2.07. The van der Waals surface area contributed by atoms with E-state index in [4.69, 9.17) is 0 Å². The van der Waals surface area contributed by atoms with E-state index in [1.54, 1.807) is 0 Å². The van der Waals surface area contributed by atoms with Gasteiger partial charge in [0.15, 0.2) is 0 Å². The molecule has 0 aliphatic carbocycles. The fourth-order valence-corrected chi connectivity index (χ4v) is 3.58. The molecule has 3 N–H and O–H groups in total. The number of hydrogen-bond acceptors (Lipinski definition) is 1. The van der Waals surface area contributed by atoms with Gasteiger partial charge in [-0.1, -0.05) is 24.3 Å². The maximum Gasteiger partial charge on any atom is 0.0688 e. The molecule has 4 aromatic rings. The van der Waals surface area contributed by atoms with Gasteiger partial charge in [-0.15, -0.1) is 0 Å². The van der Waals surface area contributed by atoms with Crippen LogP contribution in [0.25, 0.3) is 21.8 Å². The van der Waals surface area contributed by atoms with E-state index >= 15 is 0 Å². The smallest absolute Gasteiger partial charge is 0.0688 e. The molecule has 2 aromatic carbocycles. The van der Waals surface area contributed by atoms with Gasteiger partial charge < -0.3 is 15.1 Å².